The first kappa shape index (κ1) is 25.0. The van der Waals surface area contributed by atoms with Crippen molar-refractivity contribution in [1.29, 1.82) is 0 Å². The molecule has 2 rings (SSSR count). The third-order valence-corrected chi connectivity index (χ3v) is 6.25. The number of hydrogen-bond acceptors (Lipinski definition) is 4. The molecular formula is C20H34IN3O3S. The van der Waals surface area contributed by atoms with Gasteiger partial charge >= 0.3 is 0 Å². The highest BCUT2D eigenvalue weighted by atomic mass is 127. The summed E-state index contributed by atoms with van der Waals surface area (Å²) >= 11 is 0. The minimum atomic E-state index is -0.887. The van der Waals surface area contributed by atoms with Crippen molar-refractivity contribution in [3.05, 3.63) is 23.3 Å². The van der Waals surface area contributed by atoms with Crippen molar-refractivity contribution in [2.75, 3.05) is 26.0 Å². The van der Waals surface area contributed by atoms with Crippen LogP contribution >= 0.6 is 24.0 Å². The van der Waals surface area contributed by atoms with E-state index in [0.717, 1.165) is 23.5 Å². The second-order valence-corrected chi connectivity index (χ2v) is 9.97. The number of rotatable bonds is 7. The van der Waals surface area contributed by atoms with Crippen molar-refractivity contribution in [1.82, 2.24) is 10.6 Å². The number of nitrogens with zero attached hydrogens (tertiary/aromatic N) is 1. The molecule has 1 aromatic rings. The summed E-state index contributed by atoms with van der Waals surface area (Å²) in [4.78, 5) is 4.25. The van der Waals surface area contributed by atoms with E-state index in [-0.39, 0.29) is 34.8 Å². The Hall–Kier alpha value is -1.03. The first-order valence-corrected chi connectivity index (χ1v) is 10.8. The molecule has 2 N–H and O–H groups in total. The maximum Gasteiger partial charge on any atom is 0.191 e. The van der Waals surface area contributed by atoms with E-state index in [2.05, 4.69) is 34.7 Å². The van der Waals surface area contributed by atoms with Gasteiger partial charge in [-0.15, -0.1) is 24.0 Å². The second-order valence-electron chi connectivity index (χ2n) is 7.65. The SMILES string of the molecule is CCOc1cc2c(cc1CNC(=NC)NCCS(=O)C(C)(C)C)OC(C)C2.I. The predicted octanol–water partition coefficient (Wildman–Crippen LogP) is 3.24. The van der Waals surface area contributed by atoms with E-state index in [9.17, 15) is 4.21 Å². The Labute approximate surface area is 188 Å². The molecular weight excluding hydrogens is 489 g/mol. The van der Waals surface area contributed by atoms with Crippen LogP contribution in [0.3, 0.4) is 0 Å². The highest BCUT2D eigenvalue weighted by Gasteiger charge is 2.22. The van der Waals surface area contributed by atoms with Crippen LogP contribution in [0.25, 0.3) is 0 Å². The van der Waals surface area contributed by atoms with Crippen LogP contribution in [0.1, 0.15) is 45.7 Å². The quantitative estimate of drug-likeness (QED) is 0.326. The van der Waals surface area contributed by atoms with Gasteiger partial charge in [0.25, 0.3) is 0 Å². The van der Waals surface area contributed by atoms with Crippen LogP contribution < -0.4 is 20.1 Å². The second kappa shape index (κ2) is 11.2. The molecule has 0 aromatic heterocycles. The lowest BCUT2D eigenvalue weighted by Crippen LogP contribution is -2.40. The highest BCUT2D eigenvalue weighted by Crippen LogP contribution is 2.35. The molecule has 0 saturated carbocycles. The first-order chi connectivity index (χ1) is 12.7. The summed E-state index contributed by atoms with van der Waals surface area (Å²) in [6.07, 6.45) is 1.12. The van der Waals surface area contributed by atoms with Gasteiger partial charge in [-0.3, -0.25) is 9.20 Å². The average molecular weight is 523 g/mol. The van der Waals surface area contributed by atoms with E-state index in [1.165, 1.54) is 5.56 Å². The van der Waals surface area contributed by atoms with Gasteiger partial charge in [-0.25, -0.2) is 0 Å². The van der Waals surface area contributed by atoms with E-state index in [0.29, 0.717) is 31.4 Å². The normalized spacial score (nSPS) is 17.2. The van der Waals surface area contributed by atoms with Gasteiger partial charge in [-0.05, 0) is 46.8 Å². The van der Waals surface area contributed by atoms with Crippen molar-refractivity contribution in [3.63, 3.8) is 0 Å². The number of guanidine groups is 1. The summed E-state index contributed by atoms with van der Waals surface area (Å²) in [5, 5.41) is 6.53. The molecule has 0 radical (unpaired) electrons. The Balaban J connectivity index is 0.00000392. The van der Waals surface area contributed by atoms with Gasteiger partial charge in [0.2, 0.25) is 0 Å². The first-order valence-electron chi connectivity index (χ1n) is 9.52. The smallest absolute Gasteiger partial charge is 0.191 e. The maximum absolute atomic E-state index is 12.1. The van der Waals surface area contributed by atoms with Gasteiger partial charge in [-0.2, -0.15) is 0 Å². The van der Waals surface area contributed by atoms with Crippen LogP contribution in [0.15, 0.2) is 17.1 Å². The Morgan fingerprint density at radius 1 is 1.36 bits per heavy atom. The molecule has 0 saturated heterocycles. The van der Waals surface area contributed by atoms with Crippen molar-refractivity contribution in [3.8, 4) is 11.5 Å². The Kier molecular flexibility index (Phi) is 10.0. The number of halogens is 1. The van der Waals surface area contributed by atoms with Crippen LogP contribution in [0.2, 0.25) is 0 Å². The summed E-state index contributed by atoms with van der Waals surface area (Å²) in [6, 6.07) is 4.14. The highest BCUT2D eigenvalue weighted by molar-refractivity contribution is 14.0. The van der Waals surface area contributed by atoms with Gasteiger partial charge in [-0.1, -0.05) is 0 Å². The number of fused-ring (bicyclic) bond motifs is 1. The zero-order chi connectivity index (χ0) is 20.0. The monoisotopic (exact) mass is 523 g/mol. The van der Waals surface area contributed by atoms with Crippen molar-refractivity contribution >= 4 is 40.7 Å². The number of ether oxygens (including phenoxy) is 2. The molecule has 2 atom stereocenters. The molecule has 1 aliphatic heterocycles. The fourth-order valence-corrected chi connectivity index (χ4v) is 3.78. The predicted molar refractivity (Wildman–Crippen MR) is 128 cm³/mol. The summed E-state index contributed by atoms with van der Waals surface area (Å²) in [7, 11) is 0.842. The average Bonchev–Trinajstić information content (AvgIpc) is 2.95. The molecule has 0 amide bonds. The minimum absolute atomic E-state index is 0. The Bertz CT molecular complexity index is 705. The molecule has 0 aliphatic carbocycles. The zero-order valence-corrected chi connectivity index (χ0v) is 20.9. The lowest BCUT2D eigenvalue weighted by molar-refractivity contribution is 0.254. The molecule has 1 aliphatic rings. The van der Waals surface area contributed by atoms with E-state index >= 15 is 0 Å². The Morgan fingerprint density at radius 3 is 2.68 bits per heavy atom. The fraction of sp³-hybridized carbons (Fsp3) is 0.650. The molecule has 2 unspecified atom stereocenters. The van der Waals surface area contributed by atoms with Gasteiger partial charge in [0.1, 0.15) is 17.6 Å². The van der Waals surface area contributed by atoms with Gasteiger partial charge in [0.05, 0.1) is 6.61 Å². The largest absolute Gasteiger partial charge is 0.494 e. The molecule has 6 nitrogen and oxygen atoms in total. The summed E-state index contributed by atoms with van der Waals surface area (Å²) in [5.41, 5.74) is 2.23. The van der Waals surface area contributed by atoms with Crippen LogP contribution in [-0.2, 0) is 23.8 Å². The molecule has 1 aromatic carbocycles. The molecule has 0 spiro atoms. The van der Waals surface area contributed by atoms with E-state index in [4.69, 9.17) is 9.47 Å². The summed E-state index contributed by atoms with van der Waals surface area (Å²) in [5.74, 6) is 3.08. The third kappa shape index (κ3) is 7.09. The van der Waals surface area contributed by atoms with Crippen molar-refractivity contribution in [2.45, 2.75) is 58.4 Å². The molecule has 8 heteroatoms. The standard InChI is InChI=1S/C20H33N3O3S.HI/c1-7-25-17-11-15-10-14(2)26-18(15)12-16(17)13-23-19(21-6)22-8-9-27(24)20(3,4)5;/h11-12,14H,7-10,13H2,1-6H3,(H2,21,22,23);1H. The van der Waals surface area contributed by atoms with Crippen LogP contribution in [-0.4, -0.2) is 47.0 Å². The van der Waals surface area contributed by atoms with Crippen molar-refractivity contribution in [2.24, 2.45) is 4.99 Å². The summed E-state index contributed by atoms with van der Waals surface area (Å²) in [6.45, 7) is 11.8. The molecule has 0 fully saturated rings. The maximum atomic E-state index is 12.1. The lowest BCUT2D eigenvalue weighted by Gasteiger charge is -2.19. The molecule has 28 heavy (non-hydrogen) atoms. The fourth-order valence-electron chi connectivity index (χ4n) is 2.88. The van der Waals surface area contributed by atoms with Crippen LogP contribution in [0.5, 0.6) is 11.5 Å². The van der Waals surface area contributed by atoms with Gasteiger partial charge in [0, 0.05) is 59.0 Å². The Morgan fingerprint density at radius 2 is 2.07 bits per heavy atom. The lowest BCUT2D eigenvalue weighted by atomic mass is 10.1. The molecule has 160 valence electrons. The van der Waals surface area contributed by atoms with Gasteiger partial charge in [0.15, 0.2) is 5.96 Å². The number of hydrogen-bond donors (Lipinski definition) is 2. The third-order valence-electron chi connectivity index (χ3n) is 4.31. The van der Waals surface area contributed by atoms with Crippen LogP contribution in [0, 0.1) is 0 Å². The van der Waals surface area contributed by atoms with Crippen molar-refractivity contribution < 1.29 is 13.7 Å². The van der Waals surface area contributed by atoms with E-state index in [1.54, 1.807) is 7.05 Å². The number of benzene rings is 1. The van der Waals surface area contributed by atoms with Crippen LogP contribution in [0.4, 0.5) is 0 Å². The van der Waals surface area contributed by atoms with E-state index in [1.807, 2.05) is 27.7 Å². The number of nitrogens with one attached hydrogen (secondary N) is 2. The van der Waals surface area contributed by atoms with Gasteiger partial charge < -0.3 is 20.1 Å². The van der Waals surface area contributed by atoms with E-state index < -0.39 is 10.8 Å². The number of aliphatic imine (C=N–C) groups is 1. The summed E-state index contributed by atoms with van der Waals surface area (Å²) < 4.78 is 23.6. The zero-order valence-electron chi connectivity index (χ0n) is 17.8. The minimum Gasteiger partial charge on any atom is -0.494 e. The molecule has 1 heterocycles. The topological polar surface area (TPSA) is 72.0 Å². The molecule has 0 bridgehead atoms.